The number of carbonyl (C=O) groups excluding carboxylic acids is 3. The van der Waals surface area contributed by atoms with Crippen LogP contribution >= 0.6 is 0 Å². The third-order valence-corrected chi connectivity index (χ3v) is 4.71. The molecule has 1 aliphatic heterocycles. The van der Waals surface area contributed by atoms with Gasteiger partial charge in [-0.15, -0.1) is 0 Å². The van der Waals surface area contributed by atoms with E-state index in [9.17, 15) is 18.8 Å². The summed E-state index contributed by atoms with van der Waals surface area (Å²) in [5.41, 5.74) is 2.33. The number of ether oxygens (including phenoxy) is 1. The van der Waals surface area contributed by atoms with Crippen molar-refractivity contribution in [2.75, 3.05) is 19.0 Å². The summed E-state index contributed by atoms with van der Waals surface area (Å²) in [6.45, 7) is 1.87. The van der Waals surface area contributed by atoms with Crippen LogP contribution in [-0.4, -0.2) is 36.3 Å². The second kappa shape index (κ2) is 8.72. The highest BCUT2D eigenvalue weighted by molar-refractivity contribution is 6.03. The third kappa shape index (κ3) is 4.37. The molecule has 0 aromatic heterocycles. The molecule has 8 heteroatoms. The molecule has 0 aliphatic carbocycles. The van der Waals surface area contributed by atoms with Crippen LogP contribution in [0.4, 0.5) is 10.1 Å². The number of imide groups is 1. The molecule has 0 spiro atoms. The van der Waals surface area contributed by atoms with Crippen molar-refractivity contribution in [1.82, 2.24) is 10.2 Å². The first-order chi connectivity index (χ1) is 13.9. The molecule has 0 bridgehead atoms. The monoisotopic (exact) mass is 399 g/mol. The minimum absolute atomic E-state index is 0.164. The van der Waals surface area contributed by atoms with E-state index in [1.54, 1.807) is 43.3 Å². The van der Waals surface area contributed by atoms with Crippen LogP contribution in [0, 0.1) is 5.82 Å². The second-order valence-electron chi connectivity index (χ2n) is 6.60. The highest BCUT2D eigenvalue weighted by Crippen LogP contribution is 2.30. The summed E-state index contributed by atoms with van der Waals surface area (Å²) in [4.78, 5) is 37.3. The Bertz CT molecular complexity index is 961. The van der Waals surface area contributed by atoms with Gasteiger partial charge in [-0.1, -0.05) is 25.1 Å². The smallest absolute Gasteiger partial charge is 0.255 e. The Morgan fingerprint density at radius 2 is 1.93 bits per heavy atom. The average molecular weight is 399 g/mol. The van der Waals surface area contributed by atoms with E-state index < -0.39 is 11.7 Å². The van der Waals surface area contributed by atoms with Crippen molar-refractivity contribution in [3.8, 4) is 5.75 Å². The predicted molar refractivity (Wildman–Crippen MR) is 105 cm³/mol. The minimum Gasteiger partial charge on any atom is -0.494 e. The first-order valence-corrected chi connectivity index (χ1v) is 9.23. The molecule has 0 saturated heterocycles. The summed E-state index contributed by atoms with van der Waals surface area (Å²) < 4.78 is 19.3. The normalized spacial score (nSPS) is 12.5. The largest absolute Gasteiger partial charge is 0.494 e. The van der Waals surface area contributed by atoms with Gasteiger partial charge in [0.1, 0.15) is 6.54 Å². The van der Waals surface area contributed by atoms with Crippen LogP contribution in [-0.2, 0) is 22.7 Å². The van der Waals surface area contributed by atoms with Gasteiger partial charge in [0.05, 0.1) is 7.11 Å². The molecule has 152 valence electrons. The minimum atomic E-state index is -0.522. The fourth-order valence-electron chi connectivity index (χ4n) is 3.18. The van der Waals surface area contributed by atoms with E-state index >= 15 is 0 Å². The number of nitrogens with one attached hydrogen (secondary N) is 2. The third-order valence-electron chi connectivity index (χ3n) is 4.71. The molecule has 0 fully saturated rings. The molecule has 1 aliphatic rings. The summed E-state index contributed by atoms with van der Waals surface area (Å²) >= 11 is 0. The summed E-state index contributed by atoms with van der Waals surface area (Å²) in [6, 6.07) is 10.1. The van der Waals surface area contributed by atoms with Gasteiger partial charge in [-0.25, -0.2) is 4.39 Å². The van der Waals surface area contributed by atoms with E-state index in [4.69, 9.17) is 4.74 Å². The summed E-state index contributed by atoms with van der Waals surface area (Å²) in [5, 5.41) is 5.40. The number of anilines is 1. The van der Waals surface area contributed by atoms with Crippen LogP contribution in [0.2, 0.25) is 0 Å². The van der Waals surface area contributed by atoms with Crippen LogP contribution in [0.25, 0.3) is 0 Å². The maximum Gasteiger partial charge on any atom is 0.255 e. The highest BCUT2D eigenvalue weighted by Gasteiger charge is 2.30. The molecular formula is C21H22FN3O4. The van der Waals surface area contributed by atoms with Gasteiger partial charge in [0, 0.05) is 41.9 Å². The number of carbonyl (C=O) groups is 3. The number of amides is 3. The molecule has 3 amide bonds. The molecule has 2 N–H and O–H groups in total. The Morgan fingerprint density at radius 3 is 2.66 bits per heavy atom. The first kappa shape index (κ1) is 20.3. The van der Waals surface area contributed by atoms with Gasteiger partial charge >= 0.3 is 0 Å². The Balaban J connectivity index is 1.72. The van der Waals surface area contributed by atoms with Crippen LogP contribution in [0.5, 0.6) is 5.75 Å². The van der Waals surface area contributed by atoms with E-state index in [1.165, 1.54) is 12.0 Å². The number of halogens is 1. The zero-order chi connectivity index (χ0) is 21.0. The molecular weight excluding hydrogens is 377 g/mol. The second-order valence-corrected chi connectivity index (χ2v) is 6.60. The number of nitrogens with zero attached hydrogens (tertiary/aromatic N) is 1. The van der Waals surface area contributed by atoms with Crippen molar-refractivity contribution < 1.29 is 23.5 Å². The average Bonchev–Trinajstić information content (AvgIpc) is 3.03. The molecule has 0 saturated carbocycles. The van der Waals surface area contributed by atoms with Gasteiger partial charge in [0.15, 0.2) is 11.6 Å². The van der Waals surface area contributed by atoms with E-state index in [-0.39, 0.29) is 43.6 Å². The zero-order valence-corrected chi connectivity index (χ0v) is 16.3. The van der Waals surface area contributed by atoms with Crippen LogP contribution in [0.3, 0.4) is 0 Å². The molecule has 0 unspecified atom stereocenters. The van der Waals surface area contributed by atoms with Crippen molar-refractivity contribution in [2.45, 2.75) is 26.4 Å². The topological polar surface area (TPSA) is 87.7 Å². The Morgan fingerprint density at radius 1 is 1.17 bits per heavy atom. The van der Waals surface area contributed by atoms with Gasteiger partial charge in [-0.2, -0.15) is 0 Å². The van der Waals surface area contributed by atoms with Crippen LogP contribution in [0.15, 0.2) is 36.4 Å². The summed E-state index contributed by atoms with van der Waals surface area (Å²) in [6.07, 6.45) is 0.189. The number of rotatable bonds is 7. The maximum absolute atomic E-state index is 14.4. The van der Waals surface area contributed by atoms with E-state index in [0.29, 0.717) is 16.8 Å². The first-order valence-electron chi connectivity index (χ1n) is 9.23. The Labute approximate surface area is 167 Å². The number of hydrogen-bond donors (Lipinski definition) is 2. The fraction of sp³-hybridized carbons (Fsp3) is 0.286. The molecule has 1 heterocycles. The van der Waals surface area contributed by atoms with Gasteiger partial charge in [-0.3, -0.25) is 19.7 Å². The van der Waals surface area contributed by atoms with Crippen molar-refractivity contribution in [3.63, 3.8) is 0 Å². The van der Waals surface area contributed by atoms with E-state index in [0.717, 1.165) is 5.56 Å². The molecule has 2 aromatic carbocycles. The zero-order valence-electron chi connectivity index (χ0n) is 16.3. The number of benzene rings is 2. The Kier molecular flexibility index (Phi) is 6.11. The van der Waals surface area contributed by atoms with Crippen molar-refractivity contribution >= 4 is 23.4 Å². The van der Waals surface area contributed by atoms with Crippen LogP contribution < -0.4 is 15.4 Å². The number of methoxy groups -OCH3 is 1. The number of fused-ring (bicyclic) bond motifs is 1. The summed E-state index contributed by atoms with van der Waals surface area (Å²) in [5.74, 6) is -1.47. The molecule has 7 nitrogen and oxygen atoms in total. The molecule has 0 radical (unpaired) electrons. The van der Waals surface area contributed by atoms with Gasteiger partial charge < -0.3 is 15.0 Å². The van der Waals surface area contributed by atoms with Crippen molar-refractivity contribution in [2.24, 2.45) is 0 Å². The maximum atomic E-state index is 14.4. The Hall–Kier alpha value is -3.42. The molecule has 3 rings (SSSR count). The van der Waals surface area contributed by atoms with Crippen molar-refractivity contribution in [3.05, 3.63) is 58.9 Å². The quantitative estimate of drug-likeness (QED) is 0.747. The van der Waals surface area contributed by atoms with Gasteiger partial charge in [0.2, 0.25) is 11.8 Å². The highest BCUT2D eigenvalue weighted by atomic mass is 19.1. The number of hydrogen-bond acceptors (Lipinski definition) is 5. The van der Waals surface area contributed by atoms with E-state index in [1.807, 2.05) is 0 Å². The van der Waals surface area contributed by atoms with Gasteiger partial charge in [0.25, 0.3) is 5.91 Å². The molecule has 29 heavy (non-hydrogen) atoms. The lowest BCUT2D eigenvalue weighted by Gasteiger charge is -2.15. The molecule has 2 aromatic rings. The lowest BCUT2D eigenvalue weighted by Crippen LogP contribution is -2.39. The predicted octanol–water partition coefficient (Wildman–Crippen LogP) is 2.46. The summed E-state index contributed by atoms with van der Waals surface area (Å²) in [7, 11) is 1.41. The van der Waals surface area contributed by atoms with Crippen LogP contribution in [0.1, 0.15) is 34.8 Å². The van der Waals surface area contributed by atoms with Gasteiger partial charge in [-0.05, 0) is 18.2 Å². The fourth-order valence-corrected chi connectivity index (χ4v) is 3.18. The lowest BCUT2D eigenvalue weighted by atomic mass is 10.1. The molecule has 0 atom stereocenters. The lowest BCUT2D eigenvalue weighted by molar-refractivity contribution is -0.130. The SMILES string of the molecule is CCC(=O)NC(=O)CN1Cc2c(NCc3cccc(OC)c3F)cccc2C1=O. The van der Waals surface area contributed by atoms with Crippen molar-refractivity contribution in [1.29, 1.82) is 0 Å². The standard InChI is InChI=1S/C21H22FN3O4/c1-3-18(26)24-19(27)12-25-11-15-14(21(25)28)7-5-8-16(15)23-10-13-6-4-9-17(29-2)20(13)22/h4-9,23H,3,10-12H2,1-2H3,(H,24,26,27). The van der Waals surface area contributed by atoms with E-state index in [2.05, 4.69) is 10.6 Å².